The Bertz CT molecular complexity index is 979. The van der Waals surface area contributed by atoms with Crippen LogP contribution in [0.1, 0.15) is 29.2 Å². The fourth-order valence-electron chi connectivity index (χ4n) is 2.56. The number of rotatable bonds is 7. The number of halogens is 3. The van der Waals surface area contributed by atoms with Crippen LogP contribution in [-0.4, -0.2) is 31.6 Å². The van der Waals surface area contributed by atoms with E-state index in [1.54, 1.807) is 31.2 Å². The van der Waals surface area contributed by atoms with E-state index in [0.29, 0.717) is 26.0 Å². The summed E-state index contributed by atoms with van der Waals surface area (Å²) in [5, 5.41) is 7.83. The fourth-order valence-corrected chi connectivity index (χ4v) is 4.07. The van der Waals surface area contributed by atoms with Gasteiger partial charge >= 0.3 is 5.97 Å². The van der Waals surface area contributed by atoms with Gasteiger partial charge in [0.25, 0.3) is 0 Å². The highest BCUT2D eigenvalue weighted by Gasteiger charge is 2.21. The van der Waals surface area contributed by atoms with Crippen LogP contribution >= 0.6 is 38.5 Å². The van der Waals surface area contributed by atoms with Crippen LogP contribution in [0.3, 0.4) is 0 Å². The average Bonchev–Trinajstić information content (AvgIpc) is 2.69. The zero-order valence-electron chi connectivity index (χ0n) is 16.3. The van der Waals surface area contributed by atoms with Crippen molar-refractivity contribution in [1.82, 2.24) is 0 Å². The fraction of sp³-hybridized carbons (Fsp3) is 0.250. The predicted octanol–water partition coefficient (Wildman–Crippen LogP) is 4.97. The lowest BCUT2D eigenvalue weighted by Crippen LogP contribution is -2.20. The number of nitrogens with zero attached hydrogens (tertiary/aromatic N) is 2. The SMILES string of the molecule is CO/N=C(/C(=O)OC)c1cccc(C)c1CO/N=C(\C)c1cc(Br)cc(I)c1F. The molecule has 0 fully saturated rings. The Morgan fingerprint density at radius 1 is 1.21 bits per heavy atom. The summed E-state index contributed by atoms with van der Waals surface area (Å²) in [5.41, 5.74) is 2.81. The van der Waals surface area contributed by atoms with Gasteiger partial charge in [0.05, 0.1) is 16.4 Å². The molecule has 0 spiro atoms. The first-order valence-corrected chi connectivity index (χ1v) is 10.3. The van der Waals surface area contributed by atoms with E-state index in [4.69, 9.17) is 14.4 Å². The maximum atomic E-state index is 14.4. The maximum absolute atomic E-state index is 14.4. The minimum absolute atomic E-state index is 0.0191. The lowest BCUT2D eigenvalue weighted by atomic mass is 9.99. The third-order valence-electron chi connectivity index (χ3n) is 4.02. The van der Waals surface area contributed by atoms with Gasteiger partial charge in [-0.3, -0.25) is 0 Å². The number of hydrogen-bond donors (Lipinski definition) is 0. The van der Waals surface area contributed by atoms with Gasteiger partial charge in [-0.15, -0.1) is 0 Å². The number of aryl methyl sites for hydroxylation is 1. The molecular formula is C20H19BrFIN2O4. The quantitative estimate of drug-likeness (QED) is 0.153. The third kappa shape index (κ3) is 5.75. The van der Waals surface area contributed by atoms with Gasteiger partial charge < -0.3 is 14.4 Å². The van der Waals surface area contributed by atoms with E-state index in [9.17, 15) is 9.18 Å². The molecule has 6 nitrogen and oxygen atoms in total. The molecule has 0 unspecified atom stereocenters. The molecule has 2 aromatic carbocycles. The molecule has 0 bridgehead atoms. The first-order valence-electron chi connectivity index (χ1n) is 8.39. The highest BCUT2D eigenvalue weighted by molar-refractivity contribution is 14.1. The Morgan fingerprint density at radius 2 is 1.93 bits per heavy atom. The first-order chi connectivity index (χ1) is 13.8. The predicted molar refractivity (Wildman–Crippen MR) is 121 cm³/mol. The van der Waals surface area contributed by atoms with Crippen molar-refractivity contribution >= 4 is 55.9 Å². The summed E-state index contributed by atoms with van der Waals surface area (Å²) in [6, 6.07) is 8.69. The molecule has 0 heterocycles. The molecule has 0 radical (unpaired) electrons. The summed E-state index contributed by atoms with van der Waals surface area (Å²) >= 11 is 5.27. The zero-order valence-corrected chi connectivity index (χ0v) is 20.0. The van der Waals surface area contributed by atoms with E-state index in [0.717, 1.165) is 10.0 Å². The summed E-state index contributed by atoms with van der Waals surface area (Å²) in [6.45, 7) is 3.58. The van der Waals surface area contributed by atoms with Crippen LogP contribution in [0.2, 0.25) is 0 Å². The van der Waals surface area contributed by atoms with Crippen LogP contribution < -0.4 is 0 Å². The topological polar surface area (TPSA) is 69.5 Å². The van der Waals surface area contributed by atoms with Gasteiger partial charge in [-0.25, -0.2) is 9.18 Å². The van der Waals surface area contributed by atoms with Crippen molar-refractivity contribution in [2.24, 2.45) is 10.3 Å². The van der Waals surface area contributed by atoms with E-state index in [1.165, 1.54) is 14.2 Å². The summed E-state index contributed by atoms with van der Waals surface area (Å²) < 4.78 is 20.4. The highest BCUT2D eigenvalue weighted by atomic mass is 127. The minimum Gasteiger partial charge on any atom is -0.464 e. The number of esters is 1. The molecule has 9 heteroatoms. The third-order valence-corrected chi connectivity index (χ3v) is 5.26. The molecule has 0 amide bonds. The molecular weight excluding hydrogens is 558 g/mol. The van der Waals surface area contributed by atoms with Crippen molar-refractivity contribution in [1.29, 1.82) is 0 Å². The molecule has 0 aliphatic heterocycles. The molecule has 0 aliphatic carbocycles. The van der Waals surface area contributed by atoms with E-state index in [1.807, 2.05) is 35.6 Å². The van der Waals surface area contributed by atoms with E-state index in [2.05, 4.69) is 26.2 Å². The van der Waals surface area contributed by atoms with Crippen LogP contribution in [0.15, 0.2) is 45.1 Å². The Labute approximate surface area is 190 Å². The molecule has 154 valence electrons. The van der Waals surface area contributed by atoms with Crippen LogP contribution in [0.4, 0.5) is 4.39 Å². The maximum Gasteiger partial charge on any atom is 0.360 e. The van der Waals surface area contributed by atoms with E-state index < -0.39 is 5.97 Å². The highest BCUT2D eigenvalue weighted by Crippen LogP contribution is 2.23. The number of oxime groups is 2. The molecule has 0 saturated heterocycles. The van der Waals surface area contributed by atoms with Crippen molar-refractivity contribution in [2.75, 3.05) is 14.2 Å². The van der Waals surface area contributed by atoms with Crippen LogP contribution in [0, 0.1) is 16.3 Å². The van der Waals surface area contributed by atoms with Crippen molar-refractivity contribution in [3.63, 3.8) is 0 Å². The van der Waals surface area contributed by atoms with Gasteiger partial charge in [-0.05, 0) is 54.1 Å². The van der Waals surface area contributed by atoms with Crippen LogP contribution in [-0.2, 0) is 25.8 Å². The Kier molecular flexibility index (Phi) is 8.57. The molecule has 0 N–H and O–H groups in total. The summed E-state index contributed by atoms with van der Waals surface area (Å²) in [7, 11) is 2.61. The summed E-state index contributed by atoms with van der Waals surface area (Å²) in [6.07, 6.45) is 0. The second-order valence-corrected chi connectivity index (χ2v) is 7.99. The van der Waals surface area contributed by atoms with E-state index in [-0.39, 0.29) is 18.1 Å². The van der Waals surface area contributed by atoms with Gasteiger partial charge in [0.1, 0.15) is 19.5 Å². The van der Waals surface area contributed by atoms with Crippen molar-refractivity contribution in [3.8, 4) is 0 Å². The summed E-state index contributed by atoms with van der Waals surface area (Å²) in [4.78, 5) is 22.4. The van der Waals surface area contributed by atoms with Crippen molar-refractivity contribution in [3.05, 3.63) is 66.4 Å². The second-order valence-electron chi connectivity index (χ2n) is 5.91. The standard InChI is InChI=1S/C20H19BrFIN2O4/c1-11-6-5-7-14(19(25-28-4)20(26)27-3)16(11)10-29-24-12(2)15-8-13(21)9-17(23)18(15)22/h5-9H,10H2,1-4H3/b24-12+,25-19+. The zero-order chi connectivity index (χ0) is 21.6. The monoisotopic (exact) mass is 576 g/mol. The molecule has 0 aliphatic rings. The molecule has 0 atom stereocenters. The number of benzene rings is 2. The smallest absolute Gasteiger partial charge is 0.360 e. The van der Waals surface area contributed by atoms with Crippen molar-refractivity contribution in [2.45, 2.75) is 20.5 Å². The largest absolute Gasteiger partial charge is 0.464 e. The second kappa shape index (κ2) is 10.7. The molecule has 2 aromatic rings. The van der Waals surface area contributed by atoms with Crippen molar-refractivity contribution < 1.29 is 23.6 Å². The van der Waals surface area contributed by atoms with Crippen LogP contribution in [0.25, 0.3) is 0 Å². The summed E-state index contributed by atoms with van der Waals surface area (Å²) in [5.74, 6) is -1.00. The Balaban J connectivity index is 2.33. The lowest BCUT2D eigenvalue weighted by Gasteiger charge is -2.13. The van der Waals surface area contributed by atoms with E-state index >= 15 is 0 Å². The van der Waals surface area contributed by atoms with Gasteiger partial charge in [-0.1, -0.05) is 44.4 Å². The Morgan fingerprint density at radius 3 is 2.59 bits per heavy atom. The molecule has 0 aromatic heterocycles. The number of carbonyl (C=O) groups is 1. The van der Waals surface area contributed by atoms with Gasteiger partial charge in [-0.2, -0.15) is 0 Å². The first kappa shape index (κ1) is 23.3. The molecule has 29 heavy (non-hydrogen) atoms. The lowest BCUT2D eigenvalue weighted by molar-refractivity contribution is -0.132. The number of hydrogen-bond acceptors (Lipinski definition) is 6. The number of methoxy groups -OCH3 is 1. The number of carbonyl (C=O) groups excluding carboxylic acids is 1. The Hall–Kier alpha value is -2.01. The average molecular weight is 577 g/mol. The van der Waals surface area contributed by atoms with Crippen LogP contribution in [0.5, 0.6) is 0 Å². The van der Waals surface area contributed by atoms with Gasteiger partial charge in [0.2, 0.25) is 0 Å². The van der Waals surface area contributed by atoms with Gasteiger partial charge in [0.15, 0.2) is 5.71 Å². The molecule has 2 rings (SSSR count). The normalized spacial score (nSPS) is 12.0. The molecule has 0 saturated carbocycles. The minimum atomic E-state index is -0.635. The number of ether oxygens (including phenoxy) is 1. The van der Waals surface area contributed by atoms with Gasteiger partial charge in [0, 0.05) is 21.2 Å².